The molecule has 1 rings (SSSR count). The predicted octanol–water partition coefficient (Wildman–Crippen LogP) is -1.73. The number of allylic oxidation sites excluding steroid dienone is 1. The molecule has 0 aliphatic carbocycles. The second kappa shape index (κ2) is 4.08. The van der Waals surface area contributed by atoms with Gasteiger partial charge < -0.3 is 16.6 Å². The van der Waals surface area contributed by atoms with Crippen molar-refractivity contribution in [3.63, 3.8) is 0 Å². The molecule has 6 nitrogen and oxygen atoms in total. The first-order chi connectivity index (χ1) is 7.03. The summed E-state index contributed by atoms with van der Waals surface area (Å²) in [4.78, 5) is 12.1. The Morgan fingerprint density at radius 1 is 1.80 bits per heavy atom. The molecule has 1 aliphatic heterocycles. The van der Waals surface area contributed by atoms with Crippen molar-refractivity contribution in [1.29, 1.82) is 5.26 Å². The van der Waals surface area contributed by atoms with Gasteiger partial charge >= 0.3 is 0 Å². The summed E-state index contributed by atoms with van der Waals surface area (Å²) in [6, 6.07) is 1.74. The van der Waals surface area contributed by atoms with Crippen LogP contribution in [0, 0.1) is 11.3 Å². The zero-order chi connectivity index (χ0) is 11.6. The van der Waals surface area contributed by atoms with Crippen LogP contribution in [-0.2, 0) is 4.79 Å². The lowest BCUT2D eigenvalue weighted by Gasteiger charge is -2.11. The van der Waals surface area contributed by atoms with E-state index in [4.69, 9.17) is 16.7 Å². The molecular formula is C9H14N4O2. The molecule has 0 aromatic heterocycles. The number of aldehydes is 1. The summed E-state index contributed by atoms with van der Waals surface area (Å²) in [6.07, 6.45) is -0.431. The summed E-state index contributed by atoms with van der Waals surface area (Å²) >= 11 is 0. The van der Waals surface area contributed by atoms with Gasteiger partial charge in [-0.15, -0.1) is 0 Å². The lowest BCUT2D eigenvalue weighted by Crippen LogP contribution is -2.35. The number of nitriles is 1. The summed E-state index contributed by atoms with van der Waals surface area (Å²) in [5.74, 6) is 0. The zero-order valence-corrected chi connectivity index (χ0v) is 8.47. The van der Waals surface area contributed by atoms with Crippen LogP contribution < -0.4 is 11.5 Å². The number of rotatable bonds is 4. The monoisotopic (exact) mass is 210 g/mol. The van der Waals surface area contributed by atoms with Crippen molar-refractivity contribution < 1.29 is 9.90 Å². The first-order valence-electron chi connectivity index (χ1n) is 4.54. The largest absolute Gasteiger partial charge is 0.375 e. The van der Waals surface area contributed by atoms with Gasteiger partial charge in [-0.05, 0) is 12.5 Å². The predicted molar refractivity (Wildman–Crippen MR) is 53.1 cm³/mol. The molecule has 6 heteroatoms. The maximum atomic E-state index is 10.6. The molecule has 0 radical (unpaired) electrons. The van der Waals surface area contributed by atoms with Gasteiger partial charge in [-0.1, -0.05) is 0 Å². The third-order valence-electron chi connectivity index (χ3n) is 2.71. The SMILES string of the molecule is C/C(=C(\C#N)C=O)C1(N)C(O)N1CCN. The quantitative estimate of drug-likeness (QED) is 0.220. The summed E-state index contributed by atoms with van der Waals surface area (Å²) in [5.41, 5.74) is 10.4. The molecule has 1 heterocycles. The number of nitrogens with zero attached hydrogens (tertiary/aromatic N) is 2. The average Bonchev–Trinajstić information content (AvgIpc) is 2.75. The number of aliphatic hydroxyl groups is 1. The summed E-state index contributed by atoms with van der Waals surface area (Å²) < 4.78 is 0. The summed E-state index contributed by atoms with van der Waals surface area (Å²) in [6.45, 7) is 2.34. The van der Waals surface area contributed by atoms with Gasteiger partial charge in [0.05, 0.1) is 5.57 Å². The Morgan fingerprint density at radius 2 is 2.40 bits per heavy atom. The highest BCUT2D eigenvalue weighted by atomic mass is 16.3. The Balaban J connectivity index is 2.96. The van der Waals surface area contributed by atoms with Gasteiger partial charge in [0.25, 0.3) is 0 Å². The highest BCUT2D eigenvalue weighted by molar-refractivity contribution is 5.81. The van der Waals surface area contributed by atoms with Gasteiger partial charge in [0.2, 0.25) is 0 Å². The topological polar surface area (TPSA) is 116 Å². The summed E-state index contributed by atoms with van der Waals surface area (Å²) in [7, 11) is 0. The fraction of sp³-hybridized carbons (Fsp3) is 0.556. The molecule has 0 saturated carbocycles. The molecule has 0 aromatic carbocycles. The highest BCUT2D eigenvalue weighted by Crippen LogP contribution is 2.40. The maximum Gasteiger partial charge on any atom is 0.160 e. The van der Waals surface area contributed by atoms with E-state index in [-0.39, 0.29) is 5.57 Å². The van der Waals surface area contributed by atoms with Crippen molar-refractivity contribution in [1.82, 2.24) is 4.90 Å². The number of carbonyl (C=O) groups excluding carboxylic acids is 1. The van der Waals surface area contributed by atoms with E-state index < -0.39 is 11.9 Å². The van der Waals surface area contributed by atoms with E-state index in [1.165, 1.54) is 4.90 Å². The van der Waals surface area contributed by atoms with Crippen LogP contribution in [0.3, 0.4) is 0 Å². The van der Waals surface area contributed by atoms with E-state index in [0.29, 0.717) is 24.9 Å². The first kappa shape index (κ1) is 11.8. The lowest BCUT2D eigenvalue weighted by molar-refractivity contribution is -0.104. The van der Waals surface area contributed by atoms with Crippen LogP contribution >= 0.6 is 0 Å². The Bertz CT molecular complexity index is 347. The molecule has 1 fully saturated rings. The molecule has 0 spiro atoms. The second-order valence-electron chi connectivity index (χ2n) is 3.45. The van der Waals surface area contributed by atoms with Crippen LogP contribution in [0.15, 0.2) is 11.1 Å². The average molecular weight is 210 g/mol. The van der Waals surface area contributed by atoms with Crippen molar-refractivity contribution in [3.05, 3.63) is 11.1 Å². The number of carbonyl (C=O) groups is 1. The van der Waals surface area contributed by atoms with Gasteiger partial charge in [-0.3, -0.25) is 4.79 Å². The Kier molecular flexibility index (Phi) is 3.21. The van der Waals surface area contributed by atoms with Gasteiger partial charge in [0, 0.05) is 13.1 Å². The van der Waals surface area contributed by atoms with Gasteiger partial charge in [0.1, 0.15) is 18.0 Å². The minimum atomic E-state index is -1.11. The maximum absolute atomic E-state index is 10.6. The zero-order valence-electron chi connectivity index (χ0n) is 8.47. The molecule has 0 aromatic rings. The standard InChI is InChI=1S/C9H14N4O2/c1-6(7(4-11)5-14)9(12)8(15)13(9)3-2-10/h5,8,15H,2-3,10,12H2,1H3/b7-6-. The molecule has 15 heavy (non-hydrogen) atoms. The first-order valence-corrected chi connectivity index (χ1v) is 4.54. The van der Waals surface area contributed by atoms with E-state index in [1.54, 1.807) is 13.0 Å². The van der Waals surface area contributed by atoms with Gasteiger partial charge in [-0.25, -0.2) is 4.90 Å². The van der Waals surface area contributed by atoms with Crippen molar-refractivity contribution >= 4 is 6.29 Å². The Morgan fingerprint density at radius 3 is 2.80 bits per heavy atom. The van der Waals surface area contributed by atoms with E-state index >= 15 is 0 Å². The number of nitrogens with two attached hydrogens (primary N) is 2. The number of hydrogen-bond donors (Lipinski definition) is 3. The Labute approximate surface area is 87.8 Å². The van der Waals surface area contributed by atoms with Crippen molar-refractivity contribution in [2.24, 2.45) is 11.5 Å². The van der Waals surface area contributed by atoms with Gasteiger partial charge in [0.15, 0.2) is 6.29 Å². The fourth-order valence-electron chi connectivity index (χ4n) is 1.61. The van der Waals surface area contributed by atoms with Crippen LogP contribution in [0.25, 0.3) is 0 Å². The van der Waals surface area contributed by atoms with E-state index in [0.717, 1.165) is 0 Å². The molecule has 0 amide bonds. The highest BCUT2D eigenvalue weighted by Gasteiger charge is 2.61. The van der Waals surface area contributed by atoms with E-state index in [9.17, 15) is 9.90 Å². The molecular weight excluding hydrogens is 196 g/mol. The fourth-order valence-corrected chi connectivity index (χ4v) is 1.61. The smallest absolute Gasteiger partial charge is 0.160 e. The van der Waals surface area contributed by atoms with Crippen molar-refractivity contribution in [3.8, 4) is 6.07 Å². The van der Waals surface area contributed by atoms with E-state index in [1.807, 2.05) is 0 Å². The number of aliphatic hydroxyl groups excluding tert-OH is 1. The molecule has 3 unspecified atom stereocenters. The Hall–Kier alpha value is -1.26. The molecule has 3 atom stereocenters. The third kappa shape index (κ3) is 1.66. The van der Waals surface area contributed by atoms with Crippen LogP contribution in [0.1, 0.15) is 6.92 Å². The summed E-state index contributed by atoms with van der Waals surface area (Å²) in [5, 5.41) is 18.2. The normalized spacial score (nSPS) is 35.4. The van der Waals surface area contributed by atoms with E-state index in [2.05, 4.69) is 0 Å². The number of hydrogen-bond acceptors (Lipinski definition) is 6. The third-order valence-corrected chi connectivity index (χ3v) is 2.71. The lowest BCUT2D eigenvalue weighted by atomic mass is 10.0. The van der Waals surface area contributed by atoms with Crippen molar-refractivity contribution in [2.75, 3.05) is 13.1 Å². The molecule has 1 aliphatic rings. The van der Waals surface area contributed by atoms with Crippen LogP contribution in [0.5, 0.6) is 0 Å². The van der Waals surface area contributed by atoms with Crippen LogP contribution in [0.4, 0.5) is 0 Å². The van der Waals surface area contributed by atoms with Crippen molar-refractivity contribution in [2.45, 2.75) is 18.8 Å². The molecule has 1 saturated heterocycles. The molecule has 0 bridgehead atoms. The van der Waals surface area contributed by atoms with Crippen LogP contribution in [0.2, 0.25) is 0 Å². The molecule has 82 valence electrons. The minimum Gasteiger partial charge on any atom is -0.375 e. The van der Waals surface area contributed by atoms with Crippen LogP contribution in [-0.4, -0.2) is 41.3 Å². The minimum absolute atomic E-state index is 0.0453. The molecule has 5 N–H and O–H groups in total. The second-order valence-corrected chi connectivity index (χ2v) is 3.45. The van der Waals surface area contributed by atoms with Gasteiger partial charge in [-0.2, -0.15) is 5.26 Å².